The Balaban J connectivity index is 1.31. The number of aliphatic carboxylic acids is 1. The first kappa shape index (κ1) is 28.6. The summed E-state index contributed by atoms with van der Waals surface area (Å²) >= 11 is 0. The van der Waals surface area contributed by atoms with Gasteiger partial charge in [-0.1, -0.05) is 43.3 Å². The third kappa shape index (κ3) is 7.81. The highest BCUT2D eigenvalue weighted by Gasteiger charge is 2.25. The topological polar surface area (TPSA) is 142 Å². The van der Waals surface area contributed by atoms with Crippen LogP contribution in [-0.2, 0) is 16.1 Å². The van der Waals surface area contributed by atoms with E-state index in [1.54, 1.807) is 0 Å². The molecule has 1 atom stereocenters. The highest BCUT2D eigenvalue weighted by atomic mass is 16.5. The average Bonchev–Trinajstić information content (AvgIpc) is 2.98. The molecule has 2 aromatic heterocycles. The molecule has 1 aliphatic rings. The zero-order valence-electron chi connectivity index (χ0n) is 23.0. The van der Waals surface area contributed by atoms with Gasteiger partial charge in [0.2, 0.25) is 0 Å². The van der Waals surface area contributed by atoms with E-state index in [4.69, 9.17) is 9.72 Å². The number of hydrogen-bond acceptors (Lipinski definition) is 9. The average molecular weight is 548 g/mol. The second-order valence-electron chi connectivity index (χ2n) is 9.78. The Morgan fingerprint density at radius 3 is 2.58 bits per heavy atom. The van der Waals surface area contributed by atoms with Gasteiger partial charge in [-0.15, -0.1) is 0 Å². The highest BCUT2D eigenvalue weighted by Crippen LogP contribution is 2.31. The van der Waals surface area contributed by atoms with E-state index < -0.39 is 18.1 Å². The molecular weight excluding hydrogens is 510 g/mol. The number of carboxylic acid groups (broad SMARTS) is 1. The Bertz CT molecular complexity index is 1270. The fourth-order valence-electron chi connectivity index (χ4n) is 4.66. The number of nitrogens with zero attached hydrogens (tertiary/aromatic N) is 4. The van der Waals surface area contributed by atoms with Crippen molar-refractivity contribution in [2.75, 3.05) is 41.7 Å². The van der Waals surface area contributed by atoms with E-state index in [0.717, 1.165) is 67.4 Å². The maximum absolute atomic E-state index is 12.2. The first-order valence-corrected chi connectivity index (χ1v) is 13.7. The Labute approximate surface area is 234 Å². The number of ether oxygens (including phenoxy) is 1. The summed E-state index contributed by atoms with van der Waals surface area (Å²) in [7, 11) is 0. The van der Waals surface area contributed by atoms with Crippen molar-refractivity contribution < 1.29 is 19.4 Å². The molecule has 1 aromatic carbocycles. The van der Waals surface area contributed by atoms with E-state index in [0.29, 0.717) is 11.7 Å². The molecule has 11 heteroatoms. The van der Waals surface area contributed by atoms with E-state index >= 15 is 0 Å². The van der Waals surface area contributed by atoms with E-state index in [-0.39, 0.29) is 13.2 Å². The molecule has 1 fully saturated rings. The van der Waals surface area contributed by atoms with Crippen molar-refractivity contribution in [3.63, 3.8) is 0 Å². The molecule has 1 aliphatic heterocycles. The summed E-state index contributed by atoms with van der Waals surface area (Å²) in [5.41, 5.74) is 2.74. The minimum atomic E-state index is -1.20. The lowest BCUT2D eigenvalue weighted by molar-refractivity contribution is -0.139. The lowest BCUT2D eigenvalue weighted by Crippen LogP contribution is -2.45. The third-order valence-electron chi connectivity index (χ3n) is 6.87. The molecule has 0 saturated carbocycles. The lowest BCUT2D eigenvalue weighted by Gasteiger charge is -2.33. The van der Waals surface area contributed by atoms with Crippen molar-refractivity contribution in [1.29, 1.82) is 0 Å². The summed E-state index contributed by atoms with van der Waals surface area (Å²) in [6.45, 7) is 6.57. The van der Waals surface area contributed by atoms with E-state index in [2.05, 4.69) is 49.9 Å². The number of rotatable bonds is 12. The molecule has 11 nitrogen and oxygen atoms in total. The van der Waals surface area contributed by atoms with Gasteiger partial charge in [0.15, 0.2) is 0 Å². The molecule has 212 valence electrons. The Morgan fingerprint density at radius 2 is 1.85 bits per heavy atom. The van der Waals surface area contributed by atoms with Gasteiger partial charge in [-0.25, -0.2) is 24.5 Å². The molecule has 3 aromatic rings. The SMILES string of the molecule is CCCNc1cccc(C2CCN(c3ncnc(NCC(NC(=O)OCc4ccccc4)C(=O)O)c3C)CC2)n1. The van der Waals surface area contributed by atoms with Crippen LogP contribution in [0.4, 0.5) is 22.2 Å². The van der Waals surface area contributed by atoms with Crippen LogP contribution >= 0.6 is 0 Å². The van der Waals surface area contributed by atoms with Gasteiger partial charge in [0.1, 0.15) is 36.4 Å². The standard InChI is InChI=1S/C29H37N7O4/c1-3-14-30-25-11-7-10-23(34-25)22-12-15-36(16-13-22)27-20(2)26(32-19-33-27)31-17-24(28(37)38)35-29(39)40-18-21-8-5-4-6-9-21/h4-11,19,22,24H,3,12-18H2,1-2H3,(H,30,34)(H,35,39)(H,37,38)(H,31,32,33). The lowest BCUT2D eigenvalue weighted by atomic mass is 9.93. The second kappa shape index (κ2) is 14.1. The summed E-state index contributed by atoms with van der Waals surface area (Å²) in [6, 6.07) is 14.1. The van der Waals surface area contributed by atoms with Gasteiger partial charge in [0, 0.05) is 43.4 Å². The number of carbonyl (C=O) groups is 2. The van der Waals surface area contributed by atoms with Crippen LogP contribution in [0.25, 0.3) is 0 Å². The maximum atomic E-state index is 12.2. The number of anilines is 3. The number of aromatic nitrogens is 3. The van der Waals surface area contributed by atoms with Crippen LogP contribution in [0.1, 0.15) is 48.9 Å². The summed E-state index contributed by atoms with van der Waals surface area (Å²) < 4.78 is 5.17. The van der Waals surface area contributed by atoms with Gasteiger partial charge < -0.3 is 30.7 Å². The van der Waals surface area contributed by atoms with Crippen molar-refractivity contribution >= 4 is 29.5 Å². The molecule has 40 heavy (non-hydrogen) atoms. The number of carbonyl (C=O) groups excluding carboxylic acids is 1. The van der Waals surface area contributed by atoms with Crippen LogP contribution < -0.4 is 20.9 Å². The predicted octanol–water partition coefficient (Wildman–Crippen LogP) is 4.18. The fourth-order valence-corrected chi connectivity index (χ4v) is 4.66. The normalized spacial score (nSPS) is 14.3. The number of benzene rings is 1. The van der Waals surface area contributed by atoms with Gasteiger partial charge in [0.05, 0.1) is 0 Å². The molecule has 1 unspecified atom stereocenters. The van der Waals surface area contributed by atoms with Crippen LogP contribution in [0.5, 0.6) is 0 Å². The molecule has 1 amide bonds. The van der Waals surface area contributed by atoms with Crippen LogP contribution in [0.2, 0.25) is 0 Å². The minimum Gasteiger partial charge on any atom is -0.480 e. The van der Waals surface area contributed by atoms with E-state index in [9.17, 15) is 14.7 Å². The Morgan fingerprint density at radius 1 is 1.07 bits per heavy atom. The summed E-state index contributed by atoms with van der Waals surface area (Å²) in [5, 5.41) is 18.5. The molecular formula is C29H37N7O4. The van der Waals surface area contributed by atoms with Crippen LogP contribution in [0.3, 0.4) is 0 Å². The molecule has 1 saturated heterocycles. The molecule has 3 heterocycles. The Kier molecular flexibility index (Phi) is 10.1. The monoisotopic (exact) mass is 547 g/mol. The number of amides is 1. The van der Waals surface area contributed by atoms with Crippen molar-refractivity contribution in [2.24, 2.45) is 0 Å². The number of nitrogens with one attached hydrogen (secondary N) is 3. The maximum Gasteiger partial charge on any atom is 0.408 e. The molecule has 0 radical (unpaired) electrons. The number of alkyl carbamates (subject to hydrolysis) is 1. The van der Waals surface area contributed by atoms with E-state index in [1.807, 2.05) is 43.3 Å². The first-order chi connectivity index (χ1) is 19.4. The second-order valence-corrected chi connectivity index (χ2v) is 9.78. The smallest absolute Gasteiger partial charge is 0.408 e. The van der Waals surface area contributed by atoms with Gasteiger partial charge in [-0.2, -0.15) is 0 Å². The van der Waals surface area contributed by atoms with Gasteiger partial charge >= 0.3 is 12.1 Å². The van der Waals surface area contributed by atoms with Crippen molar-refractivity contribution in [3.8, 4) is 0 Å². The largest absolute Gasteiger partial charge is 0.480 e. The summed E-state index contributed by atoms with van der Waals surface area (Å²) in [5.74, 6) is 1.45. The van der Waals surface area contributed by atoms with E-state index in [1.165, 1.54) is 6.33 Å². The number of pyridine rings is 1. The number of piperidine rings is 1. The molecule has 0 spiro atoms. The number of carboxylic acids is 1. The van der Waals surface area contributed by atoms with Crippen molar-refractivity contribution in [3.05, 3.63) is 71.7 Å². The van der Waals surface area contributed by atoms with Crippen molar-refractivity contribution in [2.45, 2.75) is 51.7 Å². The molecule has 0 aliphatic carbocycles. The molecule has 4 N–H and O–H groups in total. The summed E-state index contributed by atoms with van der Waals surface area (Å²) in [6.07, 6.45) is 3.62. The van der Waals surface area contributed by atoms with Crippen LogP contribution in [0.15, 0.2) is 54.9 Å². The zero-order chi connectivity index (χ0) is 28.3. The fraction of sp³-hybridized carbons (Fsp3) is 0.414. The minimum absolute atomic E-state index is 0.0504. The first-order valence-electron chi connectivity index (χ1n) is 13.7. The zero-order valence-corrected chi connectivity index (χ0v) is 23.0. The summed E-state index contributed by atoms with van der Waals surface area (Å²) in [4.78, 5) is 39.9. The molecule has 4 rings (SSSR count). The van der Waals surface area contributed by atoms with Gasteiger partial charge in [0.25, 0.3) is 0 Å². The quantitative estimate of drug-likeness (QED) is 0.261. The highest BCUT2D eigenvalue weighted by molar-refractivity contribution is 5.80. The van der Waals surface area contributed by atoms with Crippen LogP contribution in [-0.4, -0.2) is 64.3 Å². The molecule has 0 bridgehead atoms. The van der Waals surface area contributed by atoms with Gasteiger partial charge in [-0.3, -0.25) is 0 Å². The third-order valence-corrected chi connectivity index (χ3v) is 6.87. The van der Waals surface area contributed by atoms with Crippen LogP contribution in [0, 0.1) is 6.92 Å². The number of hydrogen-bond donors (Lipinski definition) is 4. The Hall–Kier alpha value is -4.41. The van der Waals surface area contributed by atoms with Gasteiger partial charge in [-0.05, 0) is 43.9 Å². The predicted molar refractivity (Wildman–Crippen MR) is 154 cm³/mol. The van der Waals surface area contributed by atoms with Crippen molar-refractivity contribution in [1.82, 2.24) is 20.3 Å².